The molecule has 1 N–H and O–H groups in total. The van der Waals surface area contributed by atoms with E-state index in [9.17, 15) is 9.50 Å². The second-order valence-corrected chi connectivity index (χ2v) is 4.87. The first kappa shape index (κ1) is 11.8. The number of hydrogen-bond donors (Lipinski definition) is 1. The molecular formula is C11H12BrFO3. The fraction of sp³-hybridized carbons (Fsp3) is 0.455. The Kier molecular flexibility index (Phi) is 3.47. The number of rotatable bonds is 4. The molecule has 0 atom stereocenters. The van der Waals surface area contributed by atoms with E-state index in [2.05, 4.69) is 15.9 Å². The first-order valence-corrected chi connectivity index (χ1v) is 5.71. The van der Waals surface area contributed by atoms with Crippen molar-refractivity contribution in [2.75, 3.05) is 26.4 Å². The number of aliphatic hydroxyl groups excluding tert-OH is 1. The monoisotopic (exact) mass is 290 g/mol. The molecular weight excluding hydrogens is 279 g/mol. The molecule has 0 bridgehead atoms. The summed E-state index contributed by atoms with van der Waals surface area (Å²) in [5.41, 5.74) is -0.298. The normalized spacial score (nSPS) is 17.9. The number of benzene rings is 1. The van der Waals surface area contributed by atoms with Crippen LogP contribution in [0.5, 0.6) is 5.75 Å². The van der Waals surface area contributed by atoms with Crippen LogP contribution in [0.2, 0.25) is 0 Å². The molecule has 88 valence electrons. The van der Waals surface area contributed by atoms with Gasteiger partial charge in [-0.2, -0.15) is 0 Å². The van der Waals surface area contributed by atoms with Gasteiger partial charge in [0.25, 0.3) is 0 Å². The lowest BCUT2D eigenvalue weighted by Crippen LogP contribution is -2.49. The van der Waals surface area contributed by atoms with Crippen molar-refractivity contribution in [3.63, 3.8) is 0 Å². The predicted octanol–water partition coefficient (Wildman–Crippen LogP) is 1.98. The second-order valence-electron chi connectivity index (χ2n) is 4.01. The molecule has 16 heavy (non-hydrogen) atoms. The molecule has 0 aliphatic carbocycles. The van der Waals surface area contributed by atoms with Gasteiger partial charge in [-0.3, -0.25) is 0 Å². The van der Waals surface area contributed by atoms with E-state index in [0.717, 1.165) is 0 Å². The van der Waals surface area contributed by atoms with Crippen molar-refractivity contribution in [2.45, 2.75) is 0 Å². The van der Waals surface area contributed by atoms with Crippen molar-refractivity contribution in [3.8, 4) is 5.75 Å². The molecule has 1 heterocycles. The van der Waals surface area contributed by atoms with Crippen molar-refractivity contribution < 1.29 is 19.0 Å². The van der Waals surface area contributed by atoms with Crippen LogP contribution in [0.4, 0.5) is 4.39 Å². The Morgan fingerprint density at radius 2 is 2.25 bits per heavy atom. The van der Waals surface area contributed by atoms with Gasteiger partial charge in [-0.25, -0.2) is 4.39 Å². The quantitative estimate of drug-likeness (QED) is 0.922. The molecule has 0 amide bonds. The zero-order valence-electron chi connectivity index (χ0n) is 8.58. The first-order valence-electron chi connectivity index (χ1n) is 4.92. The fourth-order valence-corrected chi connectivity index (χ4v) is 1.90. The zero-order chi connectivity index (χ0) is 11.6. The Labute approximate surface area is 101 Å². The van der Waals surface area contributed by atoms with Crippen molar-refractivity contribution in [3.05, 3.63) is 28.5 Å². The van der Waals surface area contributed by atoms with E-state index >= 15 is 0 Å². The molecule has 0 aromatic heterocycles. The van der Waals surface area contributed by atoms with Gasteiger partial charge >= 0.3 is 0 Å². The van der Waals surface area contributed by atoms with Crippen LogP contribution in [-0.4, -0.2) is 31.5 Å². The van der Waals surface area contributed by atoms with Crippen LogP contribution in [0, 0.1) is 11.2 Å². The molecule has 0 saturated carbocycles. The number of ether oxygens (including phenoxy) is 2. The average Bonchev–Trinajstić information content (AvgIpc) is 2.19. The second kappa shape index (κ2) is 4.69. The van der Waals surface area contributed by atoms with Crippen LogP contribution in [-0.2, 0) is 4.74 Å². The summed E-state index contributed by atoms with van der Waals surface area (Å²) in [4.78, 5) is 0. The largest absolute Gasteiger partial charge is 0.492 e. The fourth-order valence-electron chi connectivity index (χ4n) is 1.43. The summed E-state index contributed by atoms with van der Waals surface area (Å²) in [5.74, 6) is 0.254. The lowest BCUT2D eigenvalue weighted by Gasteiger charge is -2.39. The summed E-state index contributed by atoms with van der Waals surface area (Å²) in [6.07, 6.45) is 0. The maximum absolute atomic E-state index is 12.8. The van der Waals surface area contributed by atoms with Crippen LogP contribution in [0.25, 0.3) is 0 Å². The van der Waals surface area contributed by atoms with Gasteiger partial charge in [-0.1, -0.05) is 0 Å². The third-order valence-corrected chi connectivity index (χ3v) is 3.20. The minimum Gasteiger partial charge on any atom is -0.492 e. The maximum atomic E-state index is 12.8. The van der Waals surface area contributed by atoms with Gasteiger partial charge < -0.3 is 14.6 Å². The maximum Gasteiger partial charge on any atom is 0.133 e. The molecule has 1 aromatic carbocycles. The van der Waals surface area contributed by atoms with Gasteiger partial charge in [-0.15, -0.1) is 0 Å². The van der Waals surface area contributed by atoms with Gasteiger partial charge in [0, 0.05) is 0 Å². The molecule has 5 heteroatoms. The van der Waals surface area contributed by atoms with Gasteiger partial charge in [0.15, 0.2) is 0 Å². The summed E-state index contributed by atoms with van der Waals surface area (Å²) in [5, 5.41) is 9.20. The van der Waals surface area contributed by atoms with E-state index in [1.807, 2.05) is 0 Å². The average molecular weight is 291 g/mol. The number of aliphatic hydroxyl groups is 1. The van der Waals surface area contributed by atoms with E-state index in [4.69, 9.17) is 9.47 Å². The lowest BCUT2D eigenvalue weighted by molar-refractivity contribution is -0.153. The Morgan fingerprint density at radius 1 is 1.50 bits per heavy atom. The highest BCUT2D eigenvalue weighted by Gasteiger charge is 2.39. The molecule has 1 aliphatic rings. The van der Waals surface area contributed by atoms with Gasteiger partial charge in [0.05, 0.1) is 29.7 Å². The highest BCUT2D eigenvalue weighted by Crippen LogP contribution is 2.31. The Balaban J connectivity index is 1.99. The van der Waals surface area contributed by atoms with E-state index in [1.165, 1.54) is 12.1 Å². The molecule has 1 aromatic rings. The van der Waals surface area contributed by atoms with Crippen molar-refractivity contribution >= 4 is 15.9 Å². The smallest absolute Gasteiger partial charge is 0.133 e. The Hall–Kier alpha value is -0.650. The SMILES string of the molecule is OCC1(COc2ccc(F)cc2Br)COC1. The van der Waals surface area contributed by atoms with Crippen LogP contribution in [0.3, 0.4) is 0 Å². The van der Waals surface area contributed by atoms with E-state index < -0.39 is 0 Å². The van der Waals surface area contributed by atoms with Gasteiger partial charge in [0.2, 0.25) is 0 Å². The van der Waals surface area contributed by atoms with Crippen LogP contribution >= 0.6 is 15.9 Å². The Bertz CT molecular complexity index is 374. The van der Waals surface area contributed by atoms with Crippen molar-refractivity contribution in [2.24, 2.45) is 5.41 Å². The minimum atomic E-state index is -0.317. The third-order valence-electron chi connectivity index (χ3n) is 2.58. The molecule has 0 radical (unpaired) electrons. The molecule has 1 aliphatic heterocycles. The van der Waals surface area contributed by atoms with Crippen LogP contribution in [0.15, 0.2) is 22.7 Å². The summed E-state index contributed by atoms with van der Waals surface area (Å²) in [6.45, 7) is 1.41. The number of halogens is 2. The van der Waals surface area contributed by atoms with E-state index in [0.29, 0.717) is 30.0 Å². The summed E-state index contributed by atoms with van der Waals surface area (Å²) < 4.78 is 24.0. The summed E-state index contributed by atoms with van der Waals surface area (Å²) in [6, 6.07) is 4.24. The van der Waals surface area contributed by atoms with Crippen LogP contribution < -0.4 is 4.74 Å². The molecule has 0 spiro atoms. The van der Waals surface area contributed by atoms with Gasteiger partial charge in [-0.05, 0) is 34.1 Å². The Morgan fingerprint density at radius 3 is 2.75 bits per heavy atom. The molecule has 3 nitrogen and oxygen atoms in total. The molecule has 0 unspecified atom stereocenters. The molecule has 1 fully saturated rings. The van der Waals surface area contributed by atoms with E-state index in [1.54, 1.807) is 6.07 Å². The summed E-state index contributed by atoms with van der Waals surface area (Å²) in [7, 11) is 0. The lowest BCUT2D eigenvalue weighted by atomic mass is 9.88. The predicted molar refractivity (Wildman–Crippen MR) is 59.9 cm³/mol. The first-order chi connectivity index (χ1) is 7.65. The molecule has 2 rings (SSSR count). The van der Waals surface area contributed by atoms with Crippen LogP contribution in [0.1, 0.15) is 0 Å². The zero-order valence-corrected chi connectivity index (χ0v) is 10.2. The molecule has 1 saturated heterocycles. The topological polar surface area (TPSA) is 38.7 Å². The highest BCUT2D eigenvalue weighted by molar-refractivity contribution is 9.10. The minimum absolute atomic E-state index is 0.0335. The van der Waals surface area contributed by atoms with E-state index in [-0.39, 0.29) is 17.8 Å². The van der Waals surface area contributed by atoms with Crippen molar-refractivity contribution in [1.29, 1.82) is 0 Å². The van der Waals surface area contributed by atoms with Gasteiger partial charge in [0.1, 0.15) is 18.2 Å². The standard InChI is InChI=1S/C11H12BrFO3/c12-9-3-8(13)1-2-10(9)16-7-11(4-14)5-15-6-11/h1-3,14H,4-7H2. The third kappa shape index (κ3) is 2.36. The highest BCUT2D eigenvalue weighted by atomic mass is 79.9. The van der Waals surface area contributed by atoms with Crippen molar-refractivity contribution in [1.82, 2.24) is 0 Å². The summed E-state index contributed by atoms with van der Waals surface area (Å²) >= 11 is 3.22. The number of hydrogen-bond acceptors (Lipinski definition) is 3.